The van der Waals surface area contributed by atoms with Gasteiger partial charge in [-0.2, -0.15) is 5.26 Å². The van der Waals surface area contributed by atoms with E-state index >= 15 is 0 Å². The Balaban J connectivity index is 2.11. The maximum absolute atomic E-state index is 11.9. The van der Waals surface area contributed by atoms with Gasteiger partial charge in [-0.3, -0.25) is 4.79 Å². The second-order valence-electron chi connectivity index (χ2n) is 5.45. The van der Waals surface area contributed by atoms with Gasteiger partial charge < -0.3 is 10.4 Å². The van der Waals surface area contributed by atoms with Gasteiger partial charge in [-0.25, -0.2) is 0 Å². The molecule has 0 saturated heterocycles. The lowest BCUT2D eigenvalue weighted by atomic mass is 10.0. The van der Waals surface area contributed by atoms with Crippen molar-refractivity contribution in [1.29, 1.82) is 5.26 Å². The van der Waals surface area contributed by atoms with Crippen LogP contribution in [0.2, 0.25) is 0 Å². The smallest absolute Gasteiger partial charge is 0.249 e. The minimum Gasteiger partial charge on any atom is -0.383 e. The molecule has 19 heavy (non-hydrogen) atoms. The van der Waals surface area contributed by atoms with Crippen molar-refractivity contribution in [2.45, 2.75) is 38.3 Å². The van der Waals surface area contributed by atoms with Crippen LogP contribution in [0.4, 0.5) is 0 Å². The van der Waals surface area contributed by atoms with E-state index in [-0.39, 0.29) is 17.4 Å². The lowest BCUT2D eigenvalue weighted by Gasteiger charge is -2.21. The first-order valence-corrected chi connectivity index (χ1v) is 6.49. The van der Waals surface area contributed by atoms with E-state index < -0.39 is 6.10 Å². The van der Waals surface area contributed by atoms with Crippen LogP contribution in [-0.4, -0.2) is 17.1 Å². The second-order valence-corrected chi connectivity index (χ2v) is 5.45. The van der Waals surface area contributed by atoms with Crippen LogP contribution in [0.3, 0.4) is 0 Å². The zero-order valence-corrected chi connectivity index (χ0v) is 11.2. The lowest BCUT2D eigenvalue weighted by molar-refractivity contribution is -0.132. The first-order valence-electron chi connectivity index (χ1n) is 6.49. The number of carbonyl (C=O) groups is 1. The fraction of sp³-hybridized carbons (Fsp3) is 0.467. The molecule has 2 N–H and O–H groups in total. The number of amides is 1. The number of hydrogen-bond acceptors (Lipinski definition) is 3. The number of aliphatic hydroxyl groups excluding tert-OH is 1. The standard InChI is InChI=1S/C15H18N2O2/c1-10(2)13(18)14(19)17-15(7-8-15)12-5-3-11(9-16)4-6-12/h3-6,10,13,18H,7-8H2,1-2H3,(H,17,19). The van der Waals surface area contributed by atoms with Gasteiger partial charge in [0.05, 0.1) is 17.2 Å². The average Bonchev–Trinajstić information content (AvgIpc) is 3.18. The van der Waals surface area contributed by atoms with Gasteiger partial charge in [0.1, 0.15) is 6.10 Å². The van der Waals surface area contributed by atoms with E-state index in [9.17, 15) is 9.90 Å². The summed E-state index contributed by atoms with van der Waals surface area (Å²) in [4.78, 5) is 11.9. The van der Waals surface area contributed by atoms with Gasteiger partial charge in [0, 0.05) is 0 Å². The molecule has 100 valence electrons. The van der Waals surface area contributed by atoms with Crippen LogP contribution in [-0.2, 0) is 10.3 Å². The molecule has 0 bridgehead atoms. The predicted octanol–water partition coefficient (Wildman–Crippen LogP) is 1.68. The summed E-state index contributed by atoms with van der Waals surface area (Å²) in [7, 11) is 0. The van der Waals surface area contributed by atoms with E-state index in [2.05, 4.69) is 11.4 Å². The van der Waals surface area contributed by atoms with E-state index in [0.717, 1.165) is 18.4 Å². The van der Waals surface area contributed by atoms with Crippen LogP contribution in [0.1, 0.15) is 37.8 Å². The molecule has 0 aliphatic heterocycles. The Labute approximate surface area is 113 Å². The highest BCUT2D eigenvalue weighted by Crippen LogP contribution is 2.45. The summed E-state index contributed by atoms with van der Waals surface area (Å²) < 4.78 is 0. The summed E-state index contributed by atoms with van der Waals surface area (Å²) in [6.45, 7) is 3.62. The topological polar surface area (TPSA) is 73.1 Å². The molecule has 0 spiro atoms. The van der Waals surface area contributed by atoms with E-state index in [0.29, 0.717) is 5.56 Å². The fourth-order valence-corrected chi connectivity index (χ4v) is 2.09. The number of nitriles is 1. The van der Waals surface area contributed by atoms with Crippen molar-refractivity contribution < 1.29 is 9.90 Å². The van der Waals surface area contributed by atoms with Crippen molar-refractivity contribution in [3.63, 3.8) is 0 Å². The summed E-state index contributed by atoms with van der Waals surface area (Å²) >= 11 is 0. The predicted molar refractivity (Wildman–Crippen MR) is 71.1 cm³/mol. The molecule has 1 unspecified atom stereocenters. The molecule has 4 heteroatoms. The first-order chi connectivity index (χ1) is 8.98. The maximum atomic E-state index is 11.9. The minimum absolute atomic E-state index is 0.100. The summed E-state index contributed by atoms with van der Waals surface area (Å²) in [5, 5.41) is 21.5. The van der Waals surface area contributed by atoms with Gasteiger partial charge in [-0.05, 0) is 36.5 Å². The van der Waals surface area contributed by atoms with Crippen molar-refractivity contribution in [1.82, 2.24) is 5.32 Å². The van der Waals surface area contributed by atoms with Gasteiger partial charge in [-0.1, -0.05) is 26.0 Å². The number of aliphatic hydroxyl groups is 1. The Morgan fingerprint density at radius 1 is 1.37 bits per heavy atom. The first kappa shape index (κ1) is 13.6. The third-order valence-corrected chi connectivity index (χ3v) is 3.58. The summed E-state index contributed by atoms with van der Waals surface area (Å²) in [5.74, 6) is -0.423. The molecule has 1 atom stereocenters. The van der Waals surface area contributed by atoms with Crippen molar-refractivity contribution in [2.75, 3.05) is 0 Å². The number of carbonyl (C=O) groups excluding carboxylic acids is 1. The highest BCUT2D eigenvalue weighted by Gasteiger charge is 2.46. The van der Waals surface area contributed by atoms with Crippen LogP contribution >= 0.6 is 0 Å². The zero-order chi connectivity index (χ0) is 14.0. The van der Waals surface area contributed by atoms with Gasteiger partial charge in [0.2, 0.25) is 5.91 Å². The molecule has 1 fully saturated rings. The van der Waals surface area contributed by atoms with E-state index in [1.807, 2.05) is 26.0 Å². The van der Waals surface area contributed by atoms with E-state index in [4.69, 9.17) is 5.26 Å². The Morgan fingerprint density at radius 2 is 1.95 bits per heavy atom. The third kappa shape index (κ3) is 2.77. The quantitative estimate of drug-likeness (QED) is 0.863. The van der Waals surface area contributed by atoms with Crippen LogP contribution < -0.4 is 5.32 Å². The van der Waals surface area contributed by atoms with Gasteiger partial charge in [-0.15, -0.1) is 0 Å². The van der Waals surface area contributed by atoms with Crippen molar-refractivity contribution >= 4 is 5.91 Å². The summed E-state index contributed by atoms with van der Waals surface area (Å²) in [6.07, 6.45) is 0.765. The van der Waals surface area contributed by atoms with Gasteiger partial charge in [0.15, 0.2) is 0 Å². The van der Waals surface area contributed by atoms with E-state index in [1.54, 1.807) is 12.1 Å². The Morgan fingerprint density at radius 3 is 2.37 bits per heavy atom. The number of nitrogens with zero attached hydrogens (tertiary/aromatic N) is 1. The fourth-order valence-electron chi connectivity index (χ4n) is 2.09. The highest BCUT2D eigenvalue weighted by molar-refractivity contribution is 5.82. The number of benzene rings is 1. The largest absolute Gasteiger partial charge is 0.383 e. The highest BCUT2D eigenvalue weighted by atomic mass is 16.3. The molecule has 1 saturated carbocycles. The van der Waals surface area contributed by atoms with Gasteiger partial charge in [0.25, 0.3) is 0 Å². The maximum Gasteiger partial charge on any atom is 0.249 e. The molecule has 1 amide bonds. The van der Waals surface area contributed by atoms with Crippen LogP contribution in [0.5, 0.6) is 0 Å². The van der Waals surface area contributed by atoms with Crippen molar-refractivity contribution in [2.24, 2.45) is 5.92 Å². The SMILES string of the molecule is CC(C)C(O)C(=O)NC1(c2ccc(C#N)cc2)CC1. The van der Waals surface area contributed by atoms with E-state index in [1.165, 1.54) is 0 Å². The van der Waals surface area contributed by atoms with Gasteiger partial charge >= 0.3 is 0 Å². The summed E-state index contributed by atoms with van der Waals surface area (Å²) in [6, 6.07) is 9.31. The molecule has 0 heterocycles. The number of rotatable bonds is 4. The average molecular weight is 258 g/mol. The zero-order valence-electron chi connectivity index (χ0n) is 11.2. The second kappa shape index (κ2) is 5.02. The molecule has 1 aliphatic carbocycles. The molecule has 2 rings (SSSR count). The molecule has 0 aromatic heterocycles. The molecule has 0 radical (unpaired) electrons. The van der Waals surface area contributed by atoms with Crippen molar-refractivity contribution in [3.8, 4) is 6.07 Å². The third-order valence-electron chi connectivity index (χ3n) is 3.58. The van der Waals surface area contributed by atoms with Crippen LogP contribution in [0.25, 0.3) is 0 Å². The Bertz CT molecular complexity index is 510. The Kier molecular flexibility index (Phi) is 3.59. The van der Waals surface area contributed by atoms with Crippen LogP contribution in [0.15, 0.2) is 24.3 Å². The molecular formula is C15H18N2O2. The molecule has 4 nitrogen and oxygen atoms in total. The molecule has 1 aromatic rings. The van der Waals surface area contributed by atoms with Crippen LogP contribution in [0, 0.1) is 17.2 Å². The molecule has 1 aromatic carbocycles. The lowest BCUT2D eigenvalue weighted by Crippen LogP contribution is -2.43. The van der Waals surface area contributed by atoms with Crippen molar-refractivity contribution in [3.05, 3.63) is 35.4 Å². The minimum atomic E-state index is -0.976. The monoisotopic (exact) mass is 258 g/mol. The number of hydrogen-bond donors (Lipinski definition) is 2. The summed E-state index contributed by atoms with van der Waals surface area (Å²) in [5.41, 5.74) is 1.25. The molecular weight excluding hydrogens is 240 g/mol. The molecule has 1 aliphatic rings. The number of nitrogens with one attached hydrogen (secondary N) is 1. The normalized spacial score (nSPS) is 17.6. The Hall–Kier alpha value is -1.86.